The Bertz CT molecular complexity index is 714. The summed E-state index contributed by atoms with van der Waals surface area (Å²) in [6.07, 6.45) is 2.42. The van der Waals surface area contributed by atoms with Gasteiger partial charge in [0, 0.05) is 17.3 Å². The molecule has 0 bridgehead atoms. The molecule has 0 radical (unpaired) electrons. The van der Waals surface area contributed by atoms with Crippen LogP contribution >= 0.6 is 11.6 Å². The molecule has 3 rings (SSSR count). The number of carbonyl (C=O) groups is 1. The summed E-state index contributed by atoms with van der Waals surface area (Å²) in [5.41, 5.74) is 1.70. The van der Waals surface area contributed by atoms with Gasteiger partial charge in [-0.3, -0.25) is 9.69 Å². The Morgan fingerprint density at radius 3 is 2.70 bits per heavy atom. The quantitative estimate of drug-likeness (QED) is 0.904. The topological polar surface area (TPSA) is 32.3 Å². The van der Waals surface area contributed by atoms with E-state index in [4.69, 9.17) is 11.6 Å². The average molecular weight is 333 g/mol. The van der Waals surface area contributed by atoms with Crippen LogP contribution in [0.4, 0.5) is 10.1 Å². The first-order chi connectivity index (χ1) is 11.1. The first-order valence-corrected chi connectivity index (χ1v) is 8.08. The van der Waals surface area contributed by atoms with Gasteiger partial charge in [-0.2, -0.15) is 0 Å². The lowest BCUT2D eigenvalue weighted by Crippen LogP contribution is -2.21. The van der Waals surface area contributed by atoms with Gasteiger partial charge in [-0.05, 0) is 55.8 Å². The first kappa shape index (κ1) is 16.0. The second-order valence-electron chi connectivity index (χ2n) is 5.72. The number of amides is 1. The summed E-state index contributed by atoms with van der Waals surface area (Å²) < 4.78 is 13.8. The molecule has 3 nitrogen and oxygen atoms in total. The molecule has 0 spiro atoms. The molecule has 2 aromatic carbocycles. The van der Waals surface area contributed by atoms with Gasteiger partial charge in [0.2, 0.25) is 0 Å². The van der Waals surface area contributed by atoms with Crippen molar-refractivity contribution in [1.82, 2.24) is 4.90 Å². The molecule has 1 amide bonds. The number of halogens is 2. The highest BCUT2D eigenvalue weighted by molar-refractivity contribution is 6.31. The molecule has 0 atom stereocenters. The van der Waals surface area contributed by atoms with Gasteiger partial charge in [0.05, 0.1) is 5.56 Å². The number of hydrogen-bond acceptors (Lipinski definition) is 2. The van der Waals surface area contributed by atoms with Crippen LogP contribution in [-0.4, -0.2) is 23.9 Å². The Kier molecular flexibility index (Phi) is 4.94. The van der Waals surface area contributed by atoms with E-state index in [-0.39, 0.29) is 5.56 Å². The minimum Gasteiger partial charge on any atom is -0.322 e. The molecule has 5 heteroatoms. The van der Waals surface area contributed by atoms with Crippen LogP contribution in [0.3, 0.4) is 0 Å². The largest absolute Gasteiger partial charge is 0.322 e. The van der Waals surface area contributed by atoms with Crippen molar-refractivity contribution in [3.05, 3.63) is 64.4 Å². The van der Waals surface area contributed by atoms with Crippen LogP contribution < -0.4 is 5.32 Å². The van der Waals surface area contributed by atoms with Crippen LogP contribution in [0, 0.1) is 5.82 Å². The van der Waals surface area contributed by atoms with E-state index < -0.39 is 11.7 Å². The molecule has 2 aromatic rings. The van der Waals surface area contributed by atoms with Gasteiger partial charge in [-0.25, -0.2) is 4.39 Å². The third kappa shape index (κ3) is 3.89. The maximum absolute atomic E-state index is 13.8. The second-order valence-corrected chi connectivity index (χ2v) is 6.16. The van der Waals surface area contributed by atoms with Gasteiger partial charge in [-0.1, -0.05) is 29.8 Å². The predicted octanol–water partition coefficient (Wildman–Crippen LogP) is 4.33. The minimum atomic E-state index is -0.580. The van der Waals surface area contributed by atoms with Crippen LogP contribution in [-0.2, 0) is 6.54 Å². The second kappa shape index (κ2) is 7.11. The Labute approximate surface area is 140 Å². The van der Waals surface area contributed by atoms with Gasteiger partial charge in [-0.15, -0.1) is 0 Å². The summed E-state index contributed by atoms with van der Waals surface area (Å²) in [7, 11) is 0. The van der Waals surface area contributed by atoms with E-state index in [2.05, 4.69) is 10.2 Å². The summed E-state index contributed by atoms with van der Waals surface area (Å²) in [5, 5.41) is 3.14. The molecule has 23 heavy (non-hydrogen) atoms. The zero-order valence-electron chi connectivity index (χ0n) is 12.7. The molecular formula is C18H18ClFN2O. The third-order valence-electron chi connectivity index (χ3n) is 4.03. The van der Waals surface area contributed by atoms with Crippen LogP contribution in [0.1, 0.15) is 28.8 Å². The smallest absolute Gasteiger partial charge is 0.258 e. The molecule has 1 aliphatic rings. The number of para-hydroxylation sites is 1. The number of rotatable bonds is 4. The highest BCUT2D eigenvalue weighted by Gasteiger charge is 2.16. The molecule has 120 valence electrons. The normalized spacial score (nSPS) is 14.9. The lowest BCUT2D eigenvalue weighted by atomic mass is 10.1. The molecule has 0 unspecified atom stereocenters. The fraction of sp³-hybridized carbons (Fsp3) is 0.278. The highest BCUT2D eigenvalue weighted by Crippen LogP contribution is 2.22. The summed E-state index contributed by atoms with van der Waals surface area (Å²) in [6, 6.07) is 11.6. The lowest BCUT2D eigenvalue weighted by molar-refractivity contribution is 0.102. The van der Waals surface area contributed by atoms with Crippen molar-refractivity contribution < 1.29 is 9.18 Å². The number of likely N-dealkylation sites (tertiary alicyclic amines) is 1. The van der Waals surface area contributed by atoms with Gasteiger partial charge in [0.25, 0.3) is 5.91 Å². The van der Waals surface area contributed by atoms with Crippen LogP contribution in [0.5, 0.6) is 0 Å². The monoisotopic (exact) mass is 332 g/mol. The first-order valence-electron chi connectivity index (χ1n) is 7.70. The van der Waals surface area contributed by atoms with E-state index in [1.54, 1.807) is 0 Å². The van der Waals surface area contributed by atoms with E-state index in [0.29, 0.717) is 10.7 Å². The zero-order chi connectivity index (χ0) is 16.2. The fourth-order valence-corrected chi connectivity index (χ4v) is 3.00. The molecule has 1 heterocycles. The summed E-state index contributed by atoms with van der Waals surface area (Å²) in [6.45, 7) is 2.94. The number of nitrogens with zero attached hydrogens (tertiary/aromatic N) is 1. The molecule has 1 fully saturated rings. The average Bonchev–Trinajstić information content (AvgIpc) is 3.04. The molecule has 0 aliphatic carbocycles. The van der Waals surface area contributed by atoms with Crippen molar-refractivity contribution in [2.45, 2.75) is 19.4 Å². The Morgan fingerprint density at radius 2 is 1.91 bits per heavy atom. The van der Waals surface area contributed by atoms with E-state index in [1.165, 1.54) is 31.0 Å². The maximum atomic E-state index is 13.8. The Hall–Kier alpha value is -1.91. The van der Waals surface area contributed by atoms with Gasteiger partial charge < -0.3 is 5.32 Å². The highest BCUT2D eigenvalue weighted by atomic mass is 35.5. The van der Waals surface area contributed by atoms with E-state index in [0.717, 1.165) is 25.2 Å². The summed E-state index contributed by atoms with van der Waals surface area (Å²) in [5.74, 6) is -1.07. The molecule has 0 saturated carbocycles. The molecule has 1 saturated heterocycles. The van der Waals surface area contributed by atoms with Crippen LogP contribution in [0.2, 0.25) is 5.02 Å². The molecule has 1 N–H and O–H groups in total. The van der Waals surface area contributed by atoms with Crippen molar-refractivity contribution in [2.24, 2.45) is 0 Å². The summed E-state index contributed by atoms with van der Waals surface area (Å²) >= 11 is 5.86. The van der Waals surface area contributed by atoms with Crippen LogP contribution in [0.15, 0.2) is 42.5 Å². The van der Waals surface area contributed by atoms with E-state index in [9.17, 15) is 9.18 Å². The van der Waals surface area contributed by atoms with Crippen molar-refractivity contribution >= 4 is 23.2 Å². The standard InChI is InChI=1S/C18H18ClFN2O/c19-14-7-8-16(20)15(11-14)18(23)21-17-6-2-1-5-13(17)12-22-9-3-4-10-22/h1-2,5-8,11H,3-4,9-10,12H2,(H,21,23). The number of nitrogens with one attached hydrogen (secondary N) is 1. The van der Waals surface area contributed by atoms with Crippen molar-refractivity contribution in [1.29, 1.82) is 0 Å². The van der Waals surface area contributed by atoms with Crippen molar-refractivity contribution in [3.8, 4) is 0 Å². The number of carbonyl (C=O) groups excluding carboxylic acids is 1. The maximum Gasteiger partial charge on any atom is 0.258 e. The number of benzene rings is 2. The number of hydrogen-bond donors (Lipinski definition) is 1. The summed E-state index contributed by atoms with van der Waals surface area (Å²) in [4.78, 5) is 14.7. The van der Waals surface area contributed by atoms with Crippen molar-refractivity contribution in [3.63, 3.8) is 0 Å². The van der Waals surface area contributed by atoms with E-state index >= 15 is 0 Å². The lowest BCUT2D eigenvalue weighted by Gasteiger charge is -2.18. The van der Waals surface area contributed by atoms with Crippen molar-refractivity contribution in [2.75, 3.05) is 18.4 Å². The number of anilines is 1. The SMILES string of the molecule is O=C(Nc1ccccc1CN1CCCC1)c1cc(Cl)ccc1F. The third-order valence-corrected chi connectivity index (χ3v) is 4.27. The molecule has 1 aliphatic heterocycles. The Balaban J connectivity index is 1.79. The Morgan fingerprint density at radius 1 is 1.17 bits per heavy atom. The van der Waals surface area contributed by atoms with Gasteiger partial charge in [0.15, 0.2) is 0 Å². The predicted molar refractivity (Wildman–Crippen MR) is 90.3 cm³/mol. The van der Waals surface area contributed by atoms with E-state index in [1.807, 2.05) is 24.3 Å². The molecule has 0 aromatic heterocycles. The zero-order valence-corrected chi connectivity index (χ0v) is 13.4. The fourth-order valence-electron chi connectivity index (χ4n) is 2.82. The van der Waals surface area contributed by atoms with Gasteiger partial charge >= 0.3 is 0 Å². The molecular weight excluding hydrogens is 315 g/mol. The minimum absolute atomic E-state index is 0.0477. The van der Waals surface area contributed by atoms with Crippen LogP contribution in [0.25, 0.3) is 0 Å². The van der Waals surface area contributed by atoms with Gasteiger partial charge in [0.1, 0.15) is 5.82 Å².